The zero-order chi connectivity index (χ0) is 24.1. The average molecular weight is 560 g/mol. The van der Waals surface area contributed by atoms with Crippen molar-refractivity contribution in [2.45, 2.75) is 20.0 Å². The Bertz CT molecular complexity index is 1260. The molecule has 0 aromatic heterocycles. The van der Waals surface area contributed by atoms with E-state index < -0.39 is 0 Å². The van der Waals surface area contributed by atoms with Crippen LogP contribution in [0.5, 0.6) is 5.75 Å². The van der Waals surface area contributed by atoms with Gasteiger partial charge in [-0.05, 0) is 84.4 Å². The maximum atomic E-state index is 13.5. The van der Waals surface area contributed by atoms with Gasteiger partial charge in [-0.15, -0.1) is 0 Å². The van der Waals surface area contributed by atoms with E-state index in [9.17, 15) is 9.18 Å². The molecule has 1 aliphatic heterocycles. The van der Waals surface area contributed by atoms with Crippen molar-refractivity contribution >= 4 is 62.1 Å². The van der Waals surface area contributed by atoms with Crippen LogP contribution in [0.1, 0.15) is 24.5 Å². The zero-order valence-corrected chi connectivity index (χ0v) is 21.5. The molecule has 174 valence electrons. The molecule has 0 spiro atoms. The molecule has 1 aliphatic rings. The minimum absolute atomic E-state index is 0.101. The van der Waals surface area contributed by atoms with Crippen molar-refractivity contribution in [1.82, 2.24) is 4.90 Å². The highest BCUT2D eigenvalue weighted by Gasteiger charge is 2.33. The summed E-state index contributed by atoms with van der Waals surface area (Å²) in [5, 5.41) is 1.25. The molecule has 4 nitrogen and oxygen atoms in total. The second kappa shape index (κ2) is 11.2. The fraction of sp³-hybridized carbons (Fsp3) is 0.154. The van der Waals surface area contributed by atoms with Gasteiger partial charge in [0.1, 0.15) is 18.2 Å². The van der Waals surface area contributed by atoms with Crippen LogP contribution in [0.25, 0.3) is 6.08 Å². The summed E-state index contributed by atoms with van der Waals surface area (Å²) in [4.78, 5) is 20.1. The first kappa shape index (κ1) is 24.5. The van der Waals surface area contributed by atoms with Gasteiger partial charge in [-0.25, -0.2) is 9.38 Å². The number of benzene rings is 3. The van der Waals surface area contributed by atoms with Gasteiger partial charge in [0, 0.05) is 21.6 Å². The molecule has 3 aromatic rings. The van der Waals surface area contributed by atoms with Gasteiger partial charge in [-0.2, -0.15) is 0 Å². The largest absolute Gasteiger partial charge is 0.488 e. The summed E-state index contributed by atoms with van der Waals surface area (Å²) in [6.07, 6.45) is 2.61. The molecule has 3 aromatic carbocycles. The molecule has 0 saturated carbocycles. The molecule has 0 unspecified atom stereocenters. The number of amidine groups is 1. The van der Waals surface area contributed by atoms with Crippen molar-refractivity contribution in [1.29, 1.82) is 0 Å². The van der Waals surface area contributed by atoms with Gasteiger partial charge in [0.25, 0.3) is 5.91 Å². The Balaban J connectivity index is 1.62. The quantitative estimate of drug-likeness (QED) is 0.277. The van der Waals surface area contributed by atoms with Gasteiger partial charge in [0.2, 0.25) is 0 Å². The summed E-state index contributed by atoms with van der Waals surface area (Å²) in [6.45, 7) is 2.80. The van der Waals surface area contributed by atoms with Crippen molar-refractivity contribution in [2.75, 3.05) is 6.54 Å². The molecule has 1 amide bonds. The molecular weight excluding hydrogens is 539 g/mol. The Kier molecular flexibility index (Phi) is 8.08. The normalized spacial score (nSPS) is 16.0. The summed E-state index contributed by atoms with van der Waals surface area (Å²) < 4.78 is 20.3. The van der Waals surface area contributed by atoms with Crippen LogP contribution in [-0.2, 0) is 11.4 Å². The minimum Gasteiger partial charge on any atom is -0.488 e. The molecule has 0 bridgehead atoms. The van der Waals surface area contributed by atoms with Crippen LogP contribution in [0.2, 0.25) is 5.02 Å². The summed E-state index contributed by atoms with van der Waals surface area (Å²) in [7, 11) is 0. The van der Waals surface area contributed by atoms with E-state index in [2.05, 4.69) is 20.9 Å². The standard InChI is InChI=1S/C26H21BrClFN2O2S/c1-2-12-31-25(32)24(34-26(31)30-22-9-7-20(28)8-10-22)15-18-14-19(27)6-11-23(18)33-16-17-4-3-5-21(29)13-17/h3-11,13-15H,2,12,16H2,1H3/b24-15-,30-26?. The Labute approximate surface area is 215 Å². The van der Waals surface area contributed by atoms with E-state index in [1.165, 1.54) is 23.9 Å². The number of hydrogen-bond acceptors (Lipinski definition) is 4. The lowest BCUT2D eigenvalue weighted by Gasteiger charge is -2.14. The number of carbonyl (C=O) groups excluding carboxylic acids is 1. The number of nitrogens with zero attached hydrogens (tertiary/aromatic N) is 2. The van der Waals surface area contributed by atoms with Crippen LogP contribution in [0.15, 0.2) is 81.1 Å². The van der Waals surface area contributed by atoms with Crippen molar-refractivity contribution in [2.24, 2.45) is 4.99 Å². The van der Waals surface area contributed by atoms with Gasteiger partial charge < -0.3 is 4.74 Å². The Morgan fingerprint density at radius 2 is 1.94 bits per heavy atom. The molecule has 0 atom stereocenters. The van der Waals surface area contributed by atoms with Gasteiger partial charge in [0.05, 0.1) is 10.6 Å². The topological polar surface area (TPSA) is 41.9 Å². The maximum Gasteiger partial charge on any atom is 0.266 e. The van der Waals surface area contributed by atoms with E-state index in [-0.39, 0.29) is 18.3 Å². The summed E-state index contributed by atoms with van der Waals surface area (Å²) >= 11 is 10.8. The number of aliphatic imine (C=N–C) groups is 1. The van der Waals surface area contributed by atoms with Crippen LogP contribution < -0.4 is 4.74 Å². The predicted molar refractivity (Wildman–Crippen MR) is 141 cm³/mol. The minimum atomic E-state index is -0.310. The van der Waals surface area contributed by atoms with Crippen molar-refractivity contribution in [3.05, 3.63) is 98.1 Å². The van der Waals surface area contributed by atoms with Gasteiger partial charge >= 0.3 is 0 Å². The van der Waals surface area contributed by atoms with Crippen molar-refractivity contribution in [3.63, 3.8) is 0 Å². The molecule has 0 aliphatic carbocycles. The van der Waals surface area contributed by atoms with Crippen molar-refractivity contribution in [3.8, 4) is 5.75 Å². The third kappa shape index (κ3) is 6.09. The lowest BCUT2D eigenvalue weighted by molar-refractivity contribution is -0.122. The highest BCUT2D eigenvalue weighted by molar-refractivity contribution is 9.10. The second-order valence-corrected chi connectivity index (χ2v) is 9.90. The first-order valence-corrected chi connectivity index (χ1v) is 12.6. The van der Waals surface area contributed by atoms with Crippen molar-refractivity contribution < 1.29 is 13.9 Å². The van der Waals surface area contributed by atoms with E-state index in [1.807, 2.05) is 43.3 Å². The average Bonchev–Trinajstić information content (AvgIpc) is 3.09. The summed E-state index contributed by atoms with van der Waals surface area (Å²) in [5.41, 5.74) is 2.19. The first-order valence-electron chi connectivity index (χ1n) is 10.7. The Morgan fingerprint density at radius 1 is 1.15 bits per heavy atom. The number of rotatable bonds is 7. The first-order chi connectivity index (χ1) is 16.4. The third-order valence-corrected chi connectivity index (χ3v) is 6.68. The van der Waals surface area contributed by atoms with E-state index in [1.54, 1.807) is 29.2 Å². The number of ether oxygens (including phenoxy) is 1. The number of thioether (sulfide) groups is 1. The van der Waals surface area contributed by atoms with Gasteiger partial charge in [-0.1, -0.05) is 46.6 Å². The van der Waals surface area contributed by atoms with Crippen LogP contribution in [0.4, 0.5) is 10.1 Å². The smallest absolute Gasteiger partial charge is 0.266 e. The fourth-order valence-electron chi connectivity index (χ4n) is 3.33. The summed E-state index contributed by atoms with van der Waals surface area (Å²) in [6, 6.07) is 19.0. The second-order valence-electron chi connectivity index (χ2n) is 7.54. The molecule has 4 rings (SSSR count). The third-order valence-electron chi connectivity index (χ3n) is 4.93. The SMILES string of the molecule is CCCN1C(=O)/C(=C/c2cc(Br)ccc2OCc2cccc(F)c2)SC1=Nc1ccc(Cl)cc1. The van der Waals surface area contributed by atoms with Gasteiger partial charge in [0.15, 0.2) is 5.17 Å². The highest BCUT2D eigenvalue weighted by atomic mass is 79.9. The molecule has 0 N–H and O–H groups in total. The Hall–Kier alpha value is -2.61. The highest BCUT2D eigenvalue weighted by Crippen LogP contribution is 2.36. The molecule has 1 fully saturated rings. The van der Waals surface area contributed by atoms with Crippen LogP contribution in [0, 0.1) is 5.82 Å². The number of halogens is 3. The lowest BCUT2D eigenvalue weighted by Crippen LogP contribution is -2.29. The monoisotopic (exact) mass is 558 g/mol. The number of amides is 1. The van der Waals surface area contributed by atoms with E-state index in [0.29, 0.717) is 27.4 Å². The molecule has 34 heavy (non-hydrogen) atoms. The molecule has 8 heteroatoms. The zero-order valence-electron chi connectivity index (χ0n) is 18.3. The van der Waals surface area contributed by atoms with E-state index >= 15 is 0 Å². The Morgan fingerprint density at radius 3 is 2.68 bits per heavy atom. The van der Waals surface area contributed by atoms with E-state index in [4.69, 9.17) is 16.3 Å². The maximum absolute atomic E-state index is 13.5. The van der Waals surface area contributed by atoms with Crippen LogP contribution in [0.3, 0.4) is 0 Å². The van der Waals surface area contributed by atoms with E-state index in [0.717, 1.165) is 27.7 Å². The van der Waals surface area contributed by atoms with Crippen LogP contribution >= 0.6 is 39.3 Å². The van der Waals surface area contributed by atoms with Gasteiger partial charge in [-0.3, -0.25) is 9.69 Å². The predicted octanol–water partition coefficient (Wildman–Crippen LogP) is 7.83. The molecule has 1 heterocycles. The molecular formula is C26H21BrClFN2O2S. The summed E-state index contributed by atoms with van der Waals surface area (Å²) in [5.74, 6) is 0.185. The van der Waals surface area contributed by atoms with Crippen LogP contribution in [-0.4, -0.2) is 22.5 Å². The number of carbonyl (C=O) groups is 1. The number of hydrogen-bond donors (Lipinski definition) is 0. The lowest BCUT2D eigenvalue weighted by atomic mass is 10.1. The fourth-order valence-corrected chi connectivity index (χ4v) is 4.85. The molecule has 0 radical (unpaired) electrons. The molecule has 1 saturated heterocycles.